The molecule has 1 heterocycles. The Balaban J connectivity index is 2.30. The number of halogens is 1. The highest BCUT2D eigenvalue weighted by molar-refractivity contribution is 6.30. The number of nitrogens with zero attached hydrogens (tertiary/aromatic N) is 1. The second kappa shape index (κ2) is 6.27. The Kier molecular flexibility index (Phi) is 4.63. The van der Waals surface area contributed by atoms with Gasteiger partial charge >= 0.3 is 5.97 Å². The molecule has 0 spiro atoms. The first-order valence-electron chi connectivity index (χ1n) is 6.75. The number of hydrogen-bond donors (Lipinski definition) is 0. The number of carbonyl (C=O) groups excluding carboxylic acids is 1. The van der Waals surface area contributed by atoms with Crippen molar-refractivity contribution in [3.8, 4) is 0 Å². The highest BCUT2D eigenvalue weighted by atomic mass is 35.5. The van der Waals surface area contributed by atoms with E-state index in [4.69, 9.17) is 16.3 Å². The molecule has 3 nitrogen and oxygen atoms in total. The summed E-state index contributed by atoms with van der Waals surface area (Å²) >= 11 is 6.20. The Bertz CT molecular complexity index is 731. The number of esters is 1. The summed E-state index contributed by atoms with van der Waals surface area (Å²) in [6.07, 6.45) is 1.45. The molecule has 0 aliphatic carbocycles. The van der Waals surface area contributed by atoms with E-state index >= 15 is 0 Å². The first-order chi connectivity index (χ1) is 9.88. The molecule has 0 aliphatic rings. The van der Waals surface area contributed by atoms with Crippen LogP contribution in [0.4, 0.5) is 0 Å². The maximum Gasteiger partial charge on any atom is 0.331 e. The van der Waals surface area contributed by atoms with Crippen molar-refractivity contribution in [1.82, 2.24) is 4.98 Å². The van der Waals surface area contributed by atoms with Crippen LogP contribution in [0.1, 0.15) is 30.5 Å². The minimum Gasteiger partial charge on any atom is -0.458 e. The van der Waals surface area contributed by atoms with Crippen molar-refractivity contribution in [2.24, 2.45) is 0 Å². The fourth-order valence-corrected chi connectivity index (χ4v) is 2.23. The number of aromatic nitrogens is 1. The maximum atomic E-state index is 11.5. The summed E-state index contributed by atoms with van der Waals surface area (Å²) in [5.74, 6) is -0.369. The molecule has 0 bridgehead atoms. The summed E-state index contributed by atoms with van der Waals surface area (Å²) in [6.45, 7) is 7.88. The van der Waals surface area contributed by atoms with E-state index in [9.17, 15) is 4.79 Å². The smallest absolute Gasteiger partial charge is 0.331 e. The molecule has 0 amide bonds. The van der Waals surface area contributed by atoms with Gasteiger partial charge in [0.2, 0.25) is 0 Å². The quantitative estimate of drug-likeness (QED) is 0.475. The number of allylic oxidation sites excluding steroid dienone is 1. The molecule has 0 saturated carbocycles. The normalized spacial score (nSPS) is 10.5. The number of rotatable bonds is 3. The van der Waals surface area contributed by atoms with Crippen LogP contribution in [0.25, 0.3) is 10.9 Å². The molecule has 1 aromatic carbocycles. The predicted octanol–water partition coefficient (Wildman–Crippen LogP) is 4.51. The monoisotopic (exact) mass is 303 g/mol. The van der Waals surface area contributed by atoms with E-state index in [1.807, 2.05) is 45.9 Å². The third-order valence-corrected chi connectivity index (χ3v) is 3.64. The van der Waals surface area contributed by atoms with Crippen LogP contribution in [-0.2, 0) is 16.1 Å². The van der Waals surface area contributed by atoms with Crippen molar-refractivity contribution in [2.75, 3.05) is 0 Å². The van der Waals surface area contributed by atoms with E-state index in [-0.39, 0.29) is 12.6 Å². The zero-order valence-electron chi connectivity index (χ0n) is 12.7. The Hall–Kier alpha value is -1.87. The van der Waals surface area contributed by atoms with Gasteiger partial charge in [-0.3, -0.25) is 0 Å². The molecule has 4 heteroatoms. The van der Waals surface area contributed by atoms with Gasteiger partial charge in [0.15, 0.2) is 0 Å². The van der Waals surface area contributed by atoms with Crippen molar-refractivity contribution in [2.45, 2.75) is 34.3 Å². The fourth-order valence-electron chi connectivity index (χ4n) is 2.03. The Morgan fingerprint density at radius 2 is 2.05 bits per heavy atom. The lowest BCUT2D eigenvalue weighted by Gasteiger charge is -2.09. The van der Waals surface area contributed by atoms with Gasteiger partial charge in [0.1, 0.15) is 11.8 Å². The standard InChI is InChI=1S/C17H18ClNO2/c1-10(2)7-15(20)21-9-14-8-13-6-5-11(3)12(4)16(13)19-17(14)18/h5-8H,9H2,1-4H3. The second-order valence-electron chi connectivity index (χ2n) is 5.35. The number of benzene rings is 1. The van der Waals surface area contributed by atoms with Crippen LogP contribution >= 0.6 is 11.6 Å². The first-order valence-corrected chi connectivity index (χ1v) is 7.13. The Morgan fingerprint density at radius 3 is 2.71 bits per heavy atom. The van der Waals surface area contributed by atoms with Crippen molar-refractivity contribution < 1.29 is 9.53 Å². The van der Waals surface area contributed by atoms with Crippen LogP contribution < -0.4 is 0 Å². The number of ether oxygens (including phenoxy) is 1. The number of pyridine rings is 1. The first kappa shape index (κ1) is 15.5. The molecule has 0 atom stereocenters. The zero-order valence-corrected chi connectivity index (χ0v) is 13.4. The number of hydrogen-bond acceptors (Lipinski definition) is 3. The Morgan fingerprint density at radius 1 is 1.33 bits per heavy atom. The van der Waals surface area contributed by atoms with Gasteiger partial charge in [0.25, 0.3) is 0 Å². The third-order valence-electron chi connectivity index (χ3n) is 3.31. The van der Waals surface area contributed by atoms with E-state index in [0.29, 0.717) is 10.7 Å². The minimum absolute atomic E-state index is 0.122. The Labute approximate surface area is 129 Å². The van der Waals surface area contributed by atoms with Gasteiger partial charge in [0, 0.05) is 17.0 Å². The van der Waals surface area contributed by atoms with Crippen LogP contribution in [0.3, 0.4) is 0 Å². The van der Waals surface area contributed by atoms with Crippen molar-refractivity contribution in [3.63, 3.8) is 0 Å². The zero-order chi connectivity index (χ0) is 15.6. The molecule has 0 aliphatic heterocycles. The van der Waals surface area contributed by atoms with E-state index in [2.05, 4.69) is 4.98 Å². The number of carbonyl (C=O) groups is 1. The third kappa shape index (κ3) is 3.61. The van der Waals surface area contributed by atoms with Crippen LogP contribution in [0, 0.1) is 13.8 Å². The number of aryl methyl sites for hydroxylation is 2. The average molecular weight is 304 g/mol. The summed E-state index contributed by atoms with van der Waals surface area (Å²) in [5, 5.41) is 1.37. The summed E-state index contributed by atoms with van der Waals surface area (Å²) in [5.41, 5.74) is 4.78. The van der Waals surface area contributed by atoms with E-state index in [1.54, 1.807) is 0 Å². The molecule has 21 heavy (non-hydrogen) atoms. The molecule has 0 unspecified atom stereocenters. The van der Waals surface area contributed by atoms with Gasteiger partial charge in [-0.2, -0.15) is 0 Å². The van der Waals surface area contributed by atoms with E-state index in [0.717, 1.165) is 22.0 Å². The predicted molar refractivity (Wildman–Crippen MR) is 85.5 cm³/mol. The molecule has 0 fully saturated rings. The van der Waals surface area contributed by atoms with Crippen LogP contribution in [-0.4, -0.2) is 11.0 Å². The maximum absolute atomic E-state index is 11.5. The van der Waals surface area contributed by atoms with Gasteiger partial charge in [-0.15, -0.1) is 0 Å². The second-order valence-corrected chi connectivity index (χ2v) is 5.70. The molecule has 110 valence electrons. The van der Waals surface area contributed by atoms with Crippen molar-refractivity contribution in [3.05, 3.63) is 51.7 Å². The van der Waals surface area contributed by atoms with Gasteiger partial charge in [-0.05, 0) is 44.9 Å². The molecular weight excluding hydrogens is 286 g/mol. The van der Waals surface area contributed by atoms with E-state index < -0.39 is 0 Å². The van der Waals surface area contributed by atoms with Crippen LogP contribution in [0.15, 0.2) is 29.8 Å². The van der Waals surface area contributed by atoms with Gasteiger partial charge in [0.05, 0.1) is 5.52 Å². The summed E-state index contributed by atoms with van der Waals surface area (Å²) < 4.78 is 5.18. The SMILES string of the molecule is CC(C)=CC(=O)OCc1cc2ccc(C)c(C)c2nc1Cl. The highest BCUT2D eigenvalue weighted by Crippen LogP contribution is 2.25. The lowest BCUT2D eigenvalue weighted by molar-refractivity contribution is -0.139. The van der Waals surface area contributed by atoms with Crippen molar-refractivity contribution in [1.29, 1.82) is 0 Å². The minimum atomic E-state index is -0.369. The average Bonchev–Trinajstić information content (AvgIpc) is 2.41. The van der Waals surface area contributed by atoms with Crippen LogP contribution in [0.5, 0.6) is 0 Å². The molecule has 2 aromatic rings. The highest BCUT2D eigenvalue weighted by Gasteiger charge is 2.09. The van der Waals surface area contributed by atoms with Gasteiger partial charge in [-0.25, -0.2) is 9.78 Å². The lowest BCUT2D eigenvalue weighted by atomic mass is 10.0. The molecule has 0 radical (unpaired) electrons. The summed E-state index contributed by atoms with van der Waals surface area (Å²) in [4.78, 5) is 16.0. The largest absolute Gasteiger partial charge is 0.458 e. The van der Waals surface area contributed by atoms with Crippen molar-refractivity contribution >= 4 is 28.5 Å². The summed E-state index contributed by atoms with van der Waals surface area (Å²) in [6, 6.07) is 5.97. The molecule has 2 rings (SSSR count). The lowest BCUT2D eigenvalue weighted by Crippen LogP contribution is -2.03. The number of fused-ring (bicyclic) bond motifs is 1. The van der Waals surface area contributed by atoms with Gasteiger partial charge < -0.3 is 4.74 Å². The molecule has 0 N–H and O–H groups in total. The molecule has 1 aromatic heterocycles. The fraction of sp³-hybridized carbons (Fsp3) is 0.294. The molecular formula is C17H18ClNO2. The topological polar surface area (TPSA) is 39.2 Å². The van der Waals surface area contributed by atoms with E-state index in [1.165, 1.54) is 11.6 Å². The van der Waals surface area contributed by atoms with Crippen LogP contribution in [0.2, 0.25) is 5.15 Å². The van der Waals surface area contributed by atoms with Gasteiger partial charge in [-0.1, -0.05) is 29.3 Å². The molecule has 0 saturated heterocycles. The summed E-state index contributed by atoms with van der Waals surface area (Å²) in [7, 11) is 0.